The number of aromatic nitrogens is 4. The molecule has 0 atom stereocenters. The van der Waals surface area contributed by atoms with Gasteiger partial charge in [0.05, 0.1) is 12.6 Å². The molecule has 140 valence electrons. The normalized spacial score (nSPS) is 18.2. The van der Waals surface area contributed by atoms with Crippen LogP contribution in [0.15, 0.2) is 22.7 Å². The molecular formula is C20H23N5O2. The third-order valence-electron chi connectivity index (χ3n) is 5.54. The number of anilines is 1. The van der Waals surface area contributed by atoms with E-state index in [1.807, 2.05) is 25.1 Å². The van der Waals surface area contributed by atoms with Gasteiger partial charge in [0.2, 0.25) is 5.89 Å². The largest absolute Gasteiger partial charge is 0.497 e. The smallest absolute Gasteiger partial charge is 0.229 e. The third-order valence-corrected chi connectivity index (χ3v) is 5.54. The first-order chi connectivity index (χ1) is 13.2. The molecule has 1 aromatic carbocycles. The Bertz CT molecular complexity index is 974. The second-order valence-corrected chi connectivity index (χ2v) is 7.50. The number of piperidine rings is 1. The minimum atomic E-state index is 0.362. The molecule has 27 heavy (non-hydrogen) atoms. The highest BCUT2D eigenvalue weighted by Crippen LogP contribution is 2.40. The Kier molecular flexibility index (Phi) is 3.95. The minimum absolute atomic E-state index is 0.362. The lowest BCUT2D eigenvalue weighted by molar-refractivity contribution is 0.364. The zero-order valence-electron chi connectivity index (χ0n) is 15.7. The van der Waals surface area contributed by atoms with Crippen LogP contribution in [-0.2, 0) is 0 Å². The molecule has 7 heteroatoms. The van der Waals surface area contributed by atoms with Gasteiger partial charge in [0, 0.05) is 30.3 Å². The number of methoxy groups -OCH3 is 1. The number of benzene rings is 1. The number of aryl methyl sites for hydroxylation is 1. The van der Waals surface area contributed by atoms with Gasteiger partial charge in [-0.1, -0.05) is 5.16 Å². The van der Waals surface area contributed by atoms with E-state index in [4.69, 9.17) is 14.2 Å². The minimum Gasteiger partial charge on any atom is -0.497 e. The van der Waals surface area contributed by atoms with Crippen molar-refractivity contribution in [2.24, 2.45) is 0 Å². The lowest BCUT2D eigenvalue weighted by atomic mass is 9.96. The highest BCUT2D eigenvalue weighted by Gasteiger charge is 2.32. The van der Waals surface area contributed by atoms with Crippen LogP contribution in [0.25, 0.3) is 10.9 Å². The average molecular weight is 365 g/mol. The topological polar surface area (TPSA) is 77.2 Å². The van der Waals surface area contributed by atoms with Crippen LogP contribution in [0.1, 0.15) is 55.1 Å². The first kappa shape index (κ1) is 16.5. The predicted molar refractivity (Wildman–Crippen MR) is 101 cm³/mol. The van der Waals surface area contributed by atoms with E-state index in [1.165, 1.54) is 12.8 Å². The van der Waals surface area contributed by atoms with Crippen LogP contribution in [0, 0.1) is 6.92 Å². The van der Waals surface area contributed by atoms with E-state index >= 15 is 0 Å². The molecule has 0 amide bonds. The number of hydrogen-bond acceptors (Lipinski definition) is 7. The lowest BCUT2D eigenvalue weighted by Gasteiger charge is -2.32. The molecule has 2 aliphatic rings. The van der Waals surface area contributed by atoms with E-state index in [9.17, 15) is 0 Å². The fourth-order valence-electron chi connectivity index (χ4n) is 3.83. The molecule has 7 nitrogen and oxygen atoms in total. The average Bonchev–Trinajstić information content (AvgIpc) is 3.44. The van der Waals surface area contributed by atoms with Crippen LogP contribution >= 0.6 is 0 Å². The van der Waals surface area contributed by atoms with E-state index in [0.29, 0.717) is 11.8 Å². The molecule has 5 rings (SSSR count). The first-order valence-electron chi connectivity index (χ1n) is 9.62. The van der Waals surface area contributed by atoms with E-state index in [1.54, 1.807) is 7.11 Å². The Morgan fingerprint density at radius 2 is 1.85 bits per heavy atom. The molecule has 1 saturated carbocycles. The van der Waals surface area contributed by atoms with Gasteiger partial charge in [-0.05, 0) is 50.8 Å². The summed E-state index contributed by atoms with van der Waals surface area (Å²) in [5.41, 5.74) is 0.952. The van der Waals surface area contributed by atoms with Gasteiger partial charge in [-0.15, -0.1) is 0 Å². The fraction of sp³-hybridized carbons (Fsp3) is 0.500. The van der Waals surface area contributed by atoms with Gasteiger partial charge in [-0.3, -0.25) is 0 Å². The van der Waals surface area contributed by atoms with E-state index < -0.39 is 0 Å². The molecule has 3 aromatic rings. The standard InChI is InChI=1S/C20H23N5O2/c1-12-21-17-6-5-15(26-2)11-16(17)19(22-12)25-9-7-13(8-10-25)18-23-20(27-24-18)14-3-4-14/h5-6,11,13-14H,3-4,7-10H2,1-2H3. The number of rotatable bonds is 4. The Balaban J connectivity index is 1.38. The van der Waals surface area contributed by atoms with Crippen molar-refractivity contribution >= 4 is 16.7 Å². The van der Waals surface area contributed by atoms with Gasteiger partial charge < -0.3 is 14.2 Å². The molecule has 3 heterocycles. The molecule has 0 radical (unpaired) electrons. The molecule has 0 unspecified atom stereocenters. The molecule has 0 bridgehead atoms. The summed E-state index contributed by atoms with van der Waals surface area (Å²) in [6.45, 7) is 3.78. The molecule has 1 saturated heterocycles. The molecule has 2 aromatic heterocycles. The quantitative estimate of drug-likeness (QED) is 0.699. The summed E-state index contributed by atoms with van der Waals surface area (Å²) in [6.07, 6.45) is 4.36. The van der Waals surface area contributed by atoms with Crippen molar-refractivity contribution in [3.05, 3.63) is 35.7 Å². The molecule has 2 fully saturated rings. The van der Waals surface area contributed by atoms with Crippen LogP contribution in [-0.4, -0.2) is 40.3 Å². The number of hydrogen-bond donors (Lipinski definition) is 0. The molecular weight excluding hydrogens is 342 g/mol. The summed E-state index contributed by atoms with van der Waals surface area (Å²) in [5, 5.41) is 5.27. The van der Waals surface area contributed by atoms with E-state index in [0.717, 1.165) is 65.9 Å². The summed E-state index contributed by atoms with van der Waals surface area (Å²) in [5.74, 6) is 5.18. The summed E-state index contributed by atoms with van der Waals surface area (Å²) in [6, 6.07) is 5.97. The van der Waals surface area contributed by atoms with Crippen molar-refractivity contribution in [2.45, 2.75) is 44.4 Å². The molecule has 0 spiro atoms. The Labute approximate surface area is 157 Å². The summed E-state index contributed by atoms with van der Waals surface area (Å²) < 4.78 is 10.8. The van der Waals surface area contributed by atoms with E-state index in [2.05, 4.69) is 20.0 Å². The number of ether oxygens (including phenoxy) is 1. The van der Waals surface area contributed by atoms with Crippen LogP contribution < -0.4 is 9.64 Å². The van der Waals surface area contributed by atoms with Crippen molar-refractivity contribution < 1.29 is 9.26 Å². The summed E-state index contributed by atoms with van der Waals surface area (Å²) in [4.78, 5) is 16.3. The van der Waals surface area contributed by atoms with Gasteiger partial charge in [-0.25, -0.2) is 9.97 Å². The predicted octanol–water partition coefficient (Wildman–Crippen LogP) is 3.59. The Hall–Kier alpha value is -2.70. The third kappa shape index (κ3) is 3.11. The van der Waals surface area contributed by atoms with Gasteiger partial charge in [0.1, 0.15) is 17.4 Å². The van der Waals surface area contributed by atoms with Crippen molar-refractivity contribution in [2.75, 3.05) is 25.1 Å². The highest BCUT2D eigenvalue weighted by atomic mass is 16.5. The molecule has 1 aliphatic carbocycles. The van der Waals surface area contributed by atoms with Crippen molar-refractivity contribution in [1.82, 2.24) is 20.1 Å². The Morgan fingerprint density at radius 1 is 1.04 bits per heavy atom. The van der Waals surface area contributed by atoms with Crippen LogP contribution in [0.4, 0.5) is 5.82 Å². The zero-order chi connectivity index (χ0) is 18.4. The van der Waals surface area contributed by atoms with Crippen LogP contribution in [0.2, 0.25) is 0 Å². The van der Waals surface area contributed by atoms with Gasteiger partial charge in [0.15, 0.2) is 5.82 Å². The van der Waals surface area contributed by atoms with Crippen molar-refractivity contribution in [1.29, 1.82) is 0 Å². The second kappa shape index (κ2) is 6.48. The van der Waals surface area contributed by atoms with Gasteiger partial charge in [-0.2, -0.15) is 4.98 Å². The van der Waals surface area contributed by atoms with Gasteiger partial charge in [0.25, 0.3) is 0 Å². The monoisotopic (exact) mass is 365 g/mol. The number of fused-ring (bicyclic) bond motifs is 1. The number of nitrogens with zero attached hydrogens (tertiary/aromatic N) is 5. The van der Waals surface area contributed by atoms with Crippen LogP contribution in [0.5, 0.6) is 5.75 Å². The van der Waals surface area contributed by atoms with E-state index in [-0.39, 0.29) is 0 Å². The SMILES string of the molecule is COc1ccc2nc(C)nc(N3CCC(c4noc(C5CC5)n4)CC3)c2c1. The maximum atomic E-state index is 5.44. The first-order valence-corrected chi connectivity index (χ1v) is 9.62. The lowest BCUT2D eigenvalue weighted by Crippen LogP contribution is -2.34. The van der Waals surface area contributed by atoms with Crippen LogP contribution in [0.3, 0.4) is 0 Å². The Morgan fingerprint density at radius 3 is 2.59 bits per heavy atom. The maximum Gasteiger partial charge on any atom is 0.229 e. The molecule has 1 aliphatic heterocycles. The van der Waals surface area contributed by atoms with Crippen molar-refractivity contribution in [3.8, 4) is 5.75 Å². The second-order valence-electron chi connectivity index (χ2n) is 7.50. The molecule has 0 N–H and O–H groups in total. The zero-order valence-corrected chi connectivity index (χ0v) is 15.7. The highest BCUT2D eigenvalue weighted by molar-refractivity contribution is 5.90. The fourth-order valence-corrected chi connectivity index (χ4v) is 3.83. The summed E-state index contributed by atoms with van der Waals surface area (Å²) in [7, 11) is 1.68. The maximum absolute atomic E-state index is 5.44. The summed E-state index contributed by atoms with van der Waals surface area (Å²) >= 11 is 0. The van der Waals surface area contributed by atoms with Crippen molar-refractivity contribution in [3.63, 3.8) is 0 Å². The van der Waals surface area contributed by atoms with Gasteiger partial charge >= 0.3 is 0 Å².